The third-order valence-electron chi connectivity index (χ3n) is 4.31. The zero-order valence-electron chi connectivity index (χ0n) is 16.1. The maximum Gasteiger partial charge on any atom is 0.191 e. The van der Waals surface area contributed by atoms with E-state index in [1.807, 2.05) is 42.1 Å². The highest BCUT2D eigenvalue weighted by Crippen LogP contribution is 2.16. The van der Waals surface area contributed by atoms with E-state index in [-0.39, 0.29) is 35.8 Å². The predicted molar refractivity (Wildman–Crippen MR) is 120 cm³/mol. The van der Waals surface area contributed by atoms with Crippen molar-refractivity contribution in [2.24, 2.45) is 4.99 Å². The van der Waals surface area contributed by atoms with Crippen LogP contribution in [0.5, 0.6) is 0 Å². The lowest BCUT2D eigenvalue weighted by molar-refractivity contribution is 0.607. The van der Waals surface area contributed by atoms with Crippen LogP contribution in [0.25, 0.3) is 5.82 Å². The molecule has 8 heteroatoms. The Morgan fingerprint density at radius 3 is 2.71 bits per heavy atom. The van der Waals surface area contributed by atoms with Crippen LogP contribution < -0.4 is 10.6 Å². The van der Waals surface area contributed by atoms with Gasteiger partial charge in [0.15, 0.2) is 5.96 Å². The highest BCUT2D eigenvalue weighted by atomic mass is 127. The fourth-order valence-electron chi connectivity index (χ4n) is 2.62. The van der Waals surface area contributed by atoms with E-state index in [1.165, 1.54) is 0 Å². The Kier molecular flexibility index (Phi) is 7.91. The van der Waals surface area contributed by atoms with Crippen LogP contribution in [0.2, 0.25) is 0 Å². The van der Waals surface area contributed by atoms with E-state index >= 15 is 0 Å². The fourth-order valence-corrected chi connectivity index (χ4v) is 2.62. The van der Waals surface area contributed by atoms with Crippen LogP contribution in [0.15, 0.2) is 60.2 Å². The highest BCUT2D eigenvalue weighted by molar-refractivity contribution is 14.0. The summed E-state index contributed by atoms with van der Waals surface area (Å²) >= 11 is 0. The van der Waals surface area contributed by atoms with Crippen molar-refractivity contribution in [2.75, 3.05) is 7.05 Å². The number of halogens is 2. The third kappa shape index (κ3) is 5.51. The summed E-state index contributed by atoms with van der Waals surface area (Å²) in [5.74, 6) is 1.25. The minimum Gasteiger partial charge on any atom is -0.352 e. The molecule has 0 aliphatic carbocycles. The van der Waals surface area contributed by atoms with Gasteiger partial charge < -0.3 is 10.6 Å². The zero-order chi connectivity index (χ0) is 19.2. The summed E-state index contributed by atoms with van der Waals surface area (Å²) in [6.45, 7) is 4.30. The van der Waals surface area contributed by atoms with E-state index in [0.717, 1.165) is 16.9 Å². The van der Waals surface area contributed by atoms with Crippen molar-refractivity contribution in [1.82, 2.24) is 25.2 Å². The average molecular weight is 494 g/mol. The number of aliphatic imine (C=N–C) groups is 1. The molecule has 1 aromatic carbocycles. The van der Waals surface area contributed by atoms with E-state index in [0.29, 0.717) is 18.1 Å². The summed E-state index contributed by atoms with van der Waals surface area (Å²) in [6.07, 6.45) is 7.09. The van der Waals surface area contributed by atoms with Crippen molar-refractivity contribution in [2.45, 2.75) is 26.4 Å². The summed E-state index contributed by atoms with van der Waals surface area (Å²) < 4.78 is 15.6. The van der Waals surface area contributed by atoms with Crippen LogP contribution in [0, 0.1) is 12.7 Å². The summed E-state index contributed by atoms with van der Waals surface area (Å²) in [5, 5.41) is 6.53. The molecule has 6 nitrogen and oxygen atoms in total. The number of pyridine rings is 1. The number of hydrogen-bond donors (Lipinski definition) is 2. The molecule has 0 amide bonds. The van der Waals surface area contributed by atoms with Crippen molar-refractivity contribution >= 4 is 29.9 Å². The summed E-state index contributed by atoms with van der Waals surface area (Å²) in [4.78, 5) is 12.7. The number of aromatic nitrogens is 3. The van der Waals surface area contributed by atoms with Crippen LogP contribution in [0.1, 0.15) is 29.7 Å². The lowest BCUT2D eigenvalue weighted by Crippen LogP contribution is -2.38. The van der Waals surface area contributed by atoms with Gasteiger partial charge in [0.05, 0.1) is 6.04 Å². The quantitative estimate of drug-likeness (QED) is 0.322. The van der Waals surface area contributed by atoms with Gasteiger partial charge in [-0.1, -0.05) is 18.2 Å². The molecule has 0 saturated carbocycles. The minimum absolute atomic E-state index is 0. The molecular formula is C20H24FIN6. The van der Waals surface area contributed by atoms with Crippen molar-refractivity contribution in [3.8, 4) is 5.82 Å². The SMILES string of the molecule is CN=C(NCc1ccc(-n2ccnc2)nc1)NC(C)c1ccc(C)c(F)c1.I. The molecule has 0 aliphatic rings. The lowest BCUT2D eigenvalue weighted by Gasteiger charge is -2.18. The normalized spacial score (nSPS) is 12.2. The molecule has 3 rings (SSSR count). The van der Waals surface area contributed by atoms with Gasteiger partial charge in [-0.15, -0.1) is 24.0 Å². The fraction of sp³-hybridized carbons (Fsp3) is 0.250. The lowest BCUT2D eigenvalue weighted by atomic mass is 10.1. The molecule has 3 aromatic rings. The van der Waals surface area contributed by atoms with Crippen molar-refractivity contribution in [1.29, 1.82) is 0 Å². The number of nitrogens with one attached hydrogen (secondary N) is 2. The van der Waals surface area contributed by atoms with Gasteiger partial charge >= 0.3 is 0 Å². The van der Waals surface area contributed by atoms with E-state index < -0.39 is 0 Å². The number of benzene rings is 1. The van der Waals surface area contributed by atoms with Gasteiger partial charge in [-0.05, 0) is 42.7 Å². The monoisotopic (exact) mass is 494 g/mol. The van der Waals surface area contributed by atoms with E-state index in [4.69, 9.17) is 0 Å². The predicted octanol–water partition coefficient (Wildman–Crippen LogP) is 3.76. The summed E-state index contributed by atoms with van der Waals surface area (Å²) in [6, 6.07) is 9.12. The number of imidazole rings is 1. The summed E-state index contributed by atoms with van der Waals surface area (Å²) in [7, 11) is 1.71. The molecule has 0 saturated heterocycles. The van der Waals surface area contributed by atoms with E-state index in [1.54, 1.807) is 38.6 Å². The van der Waals surface area contributed by atoms with Gasteiger partial charge in [-0.2, -0.15) is 0 Å². The highest BCUT2D eigenvalue weighted by Gasteiger charge is 2.10. The minimum atomic E-state index is -0.201. The standard InChI is InChI=1S/C20H23FN6.HI/c1-14-4-6-17(10-18(14)21)15(2)26-20(22-3)25-12-16-5-7-19(24-11-16)27-9-8-23-13-27;/h4-11,13,15H,12H2,1-3H3,(H2,22,25,26);1H. The topological polar surface area (TPSA) is 67.1 Å². The Morgan fingerprint density at radius 1 is 1.29 bits per heavy atom. The molecule has 0 spiro atoms. The first-order valence-corrected chi connectivity index (χ1v) is 8.73. The zero-order valence-corrected chi connectivity index (χ0v) is 18.4. The van der Waals surface area contributed by atoms with Crippen LogP contribution in [0.4, 0.5) is 4.39 Å². The van der Waals surface area contributed by atoms with Crippen LogP contribution in [-0.2, 0) is 6.54 Å². The molecule has 0 fully saturated rings. The van der Waals surface area contributed by atoms with Crippen LogP contribution in [-0.4, -0.2) is 27.5 Å². The number of nitrogens with zero attached hydrogens (tertiary/aromatic N) is 4. The number of rotatable bonds is 5. The molecule has 148 valence electrons. The Bertz CT molecular complexity index is 909. The first kappa shape index (κ1) is 21.8. The van der Waals surface area contributed by atoms with Gasteiger partial charge in [0.25, 0.3) is 0 Å². The second-order valence-electron chi connectivity index (χ2n) is 6.30. The first-order chi connectivity index (χ1) is 13.1. The van der Waals surface area contributed by atoms with Crippen LogP contribution in [0.3, 0.4) is 0 Å². The largest absolute Gasteiger partial charge is 0.352 e. The molecule has 0 aliphatic heterocycles. The smallest absolute Gasteiger partial charge is 0.191 e. The Hall–Kier alpha value is -2.49. The Balaban J connectivity index is 0.00000280. The molecule has 2 aromatic heterocycles. The number of aryl methyl sites for hydroxylation is 1. The molecule has 1 atom stereocenters. The summed E-state index contributed by atoms with van der Waals surface area (Å²) in [5.41, 5.74) is 2.53. The van der Waals surface area contributed by atoms with E-state index in [9.17, 15) is 4.39 Å². The van der Waals surface area contributed by atoms with Crippen LogP contribution >= 0.6 is 24.0 Å². The van der Waals surface area contributed by atoms with Crippen molar-refractivity contribution < 1.29 is 4.39 Å². The van der Waals surface area contributed by atoms with E-state index in [2.05, 4.69) is 25.6 Å². The Labute approximate surface area is 181 Å². The molecular weight excluding hydrogens is 470 g/mol. The molecule has 2 heterocycles. The number of hydrogen-bond acceptors (Lipinski definition) is 3. The maximum atomic E-state index is 13.8. The van der Waals surface area contributed by atoms with Gasteiger partial charge in [0.2, 0.25) is 0 Å². The maximum absolute atomic E-state index is 13.8. The molecule has 0 bridgehead atoms. The van der Waals surface area contributed by atoms with Crippen molar-refractivity contribution in [3.63, 3.8) is 0 Å². The molecule has 1 unspecified atom stereocenters. The van der Waals surface area contributed by atoms with Gasteiger partial charge in [0.1, 0.15) is 18.0 Å². The van der Waals surface area contributed by atoms with Gasteiger partial charge in [-0.25, -0.2) is 14.4 Å². The second kappa shape index (κ2) is 10.2. The molecule has 2 N–H and O–H groups in total. The molecule has 28 heavy (non-hydrogen) atoms. The number of guanidine groups is 1. The van der Waals surface area contributed by atoms with Gasteiger partial charge in [0, 0.05) is 32.2 Å². The Morgan fingerprint density at radius 2 is 2.11 bits per heavy atom. The second-order valence-corrected chi connectivity index (χ2v) is 6.30. The first-order valence-electron chi connectivity index (χ1n) is 8.73. The third-order valence-corrected chi connectivity index (χ3v) is 4.31. The van der Waals surface area contributed by atoms with Gasteiger partial charge in [-0.3, -0.25) is 9.56 Å². The molecule has 0 radical (unpaired) electrons. The average Bonchev–Trinajstić information content (AvgIpc) is 3.22. The van der Waals surface area contributed by atoms with Crippen molar-refractivity contribution in [3.05, 3.63) is 77.8 Å².